The SMILES string of the molecule is COc1cccc([C@H]2NC(=O)c3ccccc3N2)c1OC. The van der Waals surface area contributed by atoms with Crippen LogP contribution in [0.1, 0.15) is 22.1 Å². The summed E-state index contributed by atoms with van der Waals surface area (Å²) in [7, 11) is 3.17. The van der Waals surface area contributed by atoms with E-state index in [1.807, 2.05) is 36.4 Å². The number of para-hydroxylation sites is 2. The molecule has 0 saturated carbocycles. The highest BCUT2D eigenvalue weighted by Gasteiger charge is 2.27. The monoisotopic (exact) mass is 284 g/mol. The van der Waals surface area contributed by atoms with E-state index >= 15 is 0 Å². The van der Waals surface area contributed by atoms with Crippen molar-refractivity contribution >= 4 is 11.6 Å². The predicted molar refractivity (Wildman–Crippen MR) is 79.8 cm³/mol. The van der Waals surface area contributed by atoms with Crippen LogP contribution in [-0.2, 0) is 0 Å². The zero-order chi connectivity index (χ0) is 14.8. The average Bonchev–Trinajstić information content (AvgIpc) is 2.54. The van der Waals surface area contributed by atoms with Gasteiger partial charge in [-0.3, -0.25) is 4.79 Å². The molecule has 1 aliphatic heterocycles. The van der Waals surface area contributed by atoms with E-state index in [4.69, 9.17) is 9.47 Å². The Labute approximate surface area is 122 Å². The molecule has 0 aliphatic carbocycles. The van der Waals surface area contributed by atoms with Crippen LogP contribution in [0.3, 0.4) is 0 Å². The van der Waals surface area contributed by atoms with Crippen LogP contribution in [0.2, 0.25) is 0 Å². The number of ether oxygens (including phenoxy) is 2. The Morgan fingerprint density at radius 3 is 2.52 bits per heavy atom. The first-order chi connectivity index (χ1) is 10.2. The van der Waals surface area contributed by atoms with Crippen molar-refractivity contribution in [2.45, 2.75) is 6.17 Å². The van der Waals surface area contributed by atoms with Crippen LogP contribution in [0.15, 0.2) is 42.5 Å². The average molecular weight is 284 g/mol. The number of anilines is 1. The Morgan fingerprint density at radius 2 is 1.76 bits per heavy atom. The van der Waals surface area contributed by atoms with Gasteiger partial charge in [-0.1, -0.05) is 24.3 Å². The molecule has 2 aromatic carbocycles. The van der Waals surface area contributed by atoms with Gasteiger partial charge in [-0.05, 0) is 18.2 Å². The molecule has 0 radical (unpaired) electrons. The van der Waals surface area contributed by atoms with E-state index in [1.54, 1.807) is 20.3 Å². The molecule has 3 rings (SSSR count). The van der Waals surface area contributed by atoms with Crippen LogP contribution in [0.5, 0.6) is 11.5 Å². The van der Waals surface area contributed by atoms with Crippen molar-refractivity contribution in [3.63, 3.8) is 0 Å². The van der Waals surface area contributed by atoms with E-state index in [-0.39, 0.29) is 12.1 Å². The number of carbonyl (C=O) groups excluding carboxylic acids is 1. The van der Waals surface area contributed by atoms with Gasteiger partial charge in [0, 0.05) is 11.3 Å². The van der Waals surface area contributed by atoms with Crippen LogP contribution in [0.25, 0.3) is 0 Å². The predicted octanol–water partition coefficient (Wildman–Crippen LogP) is 2.56. The maximum absolute atomic E-state index is 12.2. The van der Waals surface area contributed by atoms with Crippen LogP contribution in [-0.4, -0.2) is 20.1 Å². The third kappa shape index (κ3) is 2.27. The number of hydrogen-bond acceptors (Lipinski definition) is 4. The number of carbonyl (C=O) groups is 1. The molecular weight excluding hydrogens is 268 g/mol. The molecule has 0 fully saturated rings. The van der Waals surface area contributed by atoms with Gasteiger partial charge in [-0.25, -0.2) is 0 Å². The van der Waals surface area contributed by atoms with Crippen molar-refractivity contribution in [2.75, 3.05) is 19.5 Å². The molecule has 5 heteroatoms. The topological polar surface area (TPSA) is 59.6 Å². The number of methoxy groups -OCH3 is 2. The fourth-order valence-corrected chi connectivity index (χ4v) is 2.50. The summed E-state index contributed by atoms with van der Waals surface area (Å²) < 4.78 is 10.7. The zero-order valence-electron chi connectivity index (χ0n) is 11.8. The van der Waals surface area contributed by atoms with E-state index in [1.165, 1.54) is 0 Å². The number of nitrogens with one attached hydrogen (secondary N) is 2. The van der Waals surface area contributed by atoms with Crippen molar-refractivity contribution in [3.8, 4) is 11.5 Å². The van der Waals surface area contributed by atoms with Crippen LogP contribution in [0.4, 0.5) is 5.69 Å². The second kappa shape index (κ2) is 5.36. The molecule has 0 saturated heterocycles. The highest BCUT2D eigenvalue weighted by atomic mass is 16.5. The molecule has 0 unspecified atom stereocenters. The Balaban J connectivity index is 2.02. The van der Waals surface area contributed by atoms with Gasteiger partial charge in [0.1, 0.15) is 6.17 Å². The lowest BCUT2D eigenvalue weighted by Gasteiger charge is -2.29. The second-order valence-corrected chi connectivity index (χ2v) is 4.68. The van der Waals surface area contributed by atoms with Crippen molar-refractivity contribution in [1.29, 1.82) is 0 Å². The lowest BCUT2D eigenvalue weighted by atomic mass is 10.0. The number of benzene rings is 2. The molecule has 1 amide bonds. The lowest BCUT2D eigenvalue weighted by Crippen LogP contribution is -2.38. The first-order valence-corrected chi connectivity index (χ1v) is 6.62. The molecule has 1 atom stereocenters. The Kier molecular flexibility index (Phi) is 3.39. The molecule has 0 spiro atoms. The second-order valence-electron chi connectivity index (χ2n) is 4.68. The molecule has 1 heterocycles. The lowest BCUT2D eigenvalue weighted by molar-refractivity contribution is 0.0935. The molecule has 1 aliphatic rings. The summed E-state index contributed by atoms with van der Waals surface area (Å²) in [5.41, 5.74) is 2.26. The molecule has 0 aromatic heterocycles. The minimum atomic E-state index is -0.363. The number of rotatable bonds is 3. The van der Waals surface area contributed by atoms with Crippen LogP contribution >= 0.6 is 0 Å². The third-order valence-electron chi connectivity index (χ3n) is 3.49. The summed E-state index contributed by atoms with van der Waals surface area (Å²) in [6.07, 6.45) is -0.363. The Morgan fingerprint density at radius 1 is 0.952 bits per heavy atom. The number of amides is 1. The molecule has 5 nitrogen and oxygen atoms in total. The molecule has 2 N–H and O–H groups in total. The van der Waals surface area contributed by atoms with Gasteiger partial charge in [-0.15, -0.1) is 0 Å². The maximum Gasteiger partial charge on any atom is 0.255 e. The van der Waals surface area contributed by atoms with Gasteiger partial charge < -0.3 is 20.1 Å². The minimum Gasteiger partial charge on any atom is -0.493 e. The molecule has 2 aromatic rings. The summed E-state index contributed by atoms with van der Waals surface area (Å²) in [6.45, 7) is 0. The fourth-order valence-electron chi connectivity index (χ4n) is 2.50. The summed E-state index contributed by atoms with van der Waals surface area (Å²) in [5, 5.41) is 6.23. The Hall–Kier alpha value is -2.69. The largest absolute Gasteiger partial charge is 0.493 e. The highest BCUT2D eigenvalue weighted by Crippen LogP contribution is 2.36. The van der Waals surface area contributed by atoms with Crippen LogP contribution in [0, 0.1) is 0 Å². The van der Waals surface area contributed by atoms with Gasteiger partial charge >= 0.3 is 0 Å². The summed E-state index contributed by atoms with van der Waals surface area (Å²) in [6, 6.07) is 13.0. The summed E-state index contributed by atoms with van der Waals surface area (Å²) >= 11 is 0. The molecule has 0 bridgehead atoms. The van der Waals surface area contributed by atoms with Crippen molar-refractivity contribution < 1.29 is 14.3 Å². The van der Waals surface area contributed by atoms with Gasteiger partial charge in [-0.2, -0.15) is 0 Å². The Bertz CT molecular complexity index is 685. The van der Waals surface area contributed by atoms with E-state index in [9.17, 15) is 4.79 Å². The number of hydrogen-bond donors (Lipinski definition) is 2. The van der Waals surface area contributed by atoms with Gasteiger partial charge in [0.15, 0.2) is 11.5 Å². The highest BCUT2D eigenvalue weighted by molar-refractivity contribution is 6.01. The standard InChI is InChI=1S/C16H16N2O3/c1-20-13-9-5-7-11(14(13)21-2)15-17-12-8-4-3-6-10(12)16(19)18-15/h3-9,15,17H,1-2H3,(H,18,19)/t15-/m1/s1. The van der Waals surface area contributed by atoms with E-state index in [0.29, 0.717) is 17.1 Å². The minimum absolute atomic E-state index is 0.112. The van der Waals surface area contributed by atoms with E-state index < -0.39 is 0 Å². The fraction of sp³-hybridized carbons (Fsp3) is 0.188. The maximum atomic E-state index is 12.2. The smallest absolute Gasteiger partial charge is 0.255 e. The van der Waals surface area contributed by atoms with Crippen molar-refractivity contribution in [1.82, 2.24) is 5.32 Å². The van der Waals surface area contributed by atoms with Gasteiger partial charge in [0.2, 0.25) is 0 Å². The molecule has 21 heavy (non-hydrogen) atoms. The third-order valence-corrected chi connectivity index (χ3v) is 3.49. The van der Waals surface area contributed by atoms with Gasteiger partial charge in [0.05, 0.1) is 19.8 Å². The van der Waals surface area contributed by atoms with E-state index in [2.05, 4.69) is 10.6 Å². The molecule has 108 valence electrons. The van der Waals surface area contributed by atoms with Crippen molar-refractivity contribution in [2.24, 2.45) is 0 Å². The normalized spacial score (nSPS) is 16.5. The van der Waals surface area contributed by atoms with Crippen LogP contribution < -0.4 is 20.1 Å². The zero-order valence-corrected chi connectivity index (χ0v) is 11.8. The quantitative estimate of drug-likeness (QED) is 0.909. The summed E-state index contributed by atoms with van der Waals surface area (Å²) in [4.78, 5) is 12.2. The van der Waals surface area contributed by atoms with E-state index in [0.717, 1.165) is 11.3 Å². The first kappa shape index (κ1) is 13.3. The summed E-state index contributed by atoms with van der Waals surface area (Å²) in [5.74, 6) is 1.13. The van der Waals surface area contributed by atoms with Crippen molar-refractivity contribution in [3.05, 3.63) is 53.6 Å². The number of fused-ring (bicyclic) bond motifs is 1. The van der Waals surface area contributed by atoms with Gasteiger partial charge in [0.25, 0.3) is 5.91 Å². The molecular formula is C16H16N2O3. The first-order valence-electron chi connectivity index (χ1n) is 6.62.